The molecule has 0 aromatic rings. The van der Waals surface area contributed by atoms with Crippen LogP contribution in [0.25, 0.3) is 0 Å². The van der Waals surface area contributed by atoms with E-state index < -0.39 is 0 Å². The molecule has 1 aliphatic carbocycles. The molecule has 2 rings (SSSR count). The topological polar surface area (TPSA) is 21.3 Å². The van der Waals surface area contributed by atoms with Crippen molar-refractivity contribution >= 4 is 0 Å². The van der Waals surface area contributed by atoms with E-state index in [1.54, 1.807) is 0 Å². The highest BCUT2D eigenvalue weighted by Gasteiger charge is 2.41. The van der Waals surface area contributed by atoms with E-state index in [9.17, 15) is 0 Å². The molecule has 1 saturated carbocycles. The molecule has 2 nitrogen and oxygen atoms in total. The van der Waals surface area contributed by atoms with Crippen molar-refractivity contribution in [3.8, 4) is 0 Å². The van der Waals surface area contributed by atoms with Crippen molar-refractivity contribution < 1.29 is 4.74 Å². The molecule has 16 heavy (non-hydrogen) atoms. The summed E-state index contributed by atoms with van der Waals surface area (Å²) in [5.74, 6) is 0. The summed E-state index contributed by atoms with van der Waals surface area (Å²) in [6.45, 7) is 6.99. The van der Waals surface area contributed by atoms with E-state index in [-0.39, 0.29) is 5.60 Å². The quantitative estimate of drug-likeness (QED) is 0.723. The first kappa shape index (κ1) is 12.1. The van der Waals surface area contributed by atoms with Crippen molar-refractivity contribution in [1.82, 2.24) is 5.32 Å². The van der Waals surface area contributed by atoms with Gasteiger partial charge >= 0.3 is 0 Å². The lowest BCUT2D eigenvalue weighted by atomic mass is 9.98. The molecule has 2 atom stereocenters. The highest BCUT2D eigenvalue weighted by molar-refractivity contribution is 4.93. The predicted octanol–water partition coefficient (Wildman–Crippen LogP) is 3.03. The van der Waals surface area contributed by atoms with Crippen molar-refractivity contribution in [1.29, 1.82) is 0 Å². The monoisotopic (exact) mass is 223 g/mol. The molecular weight excluding hydrogens is 198 g/mol. The van der Waals surface area contributed by atoms with E-state index in [2.05, 4.69) is 18.8 Å². The van der Waals surface area contributed by atoms with E-state index in [0.29, 0.717) is 12.1 Å². The van der Waals surface area contributed by atoms with Gasteiger partial charge < -0.3 is 10.1 Å². The zero-order chi connectivity index (χ0) is 11.4. The van der Waals surface area contributed by atoms with Gasteiger partial charge in [-0.05, 0) is 39.0 Å². The molecule has 1 saturated heterocycles. The molecule has 0 bridgehead atoms. The third kappa shape index (κ3) is 2.86. The van der Waals surface area contributed by atoms with Crippen LogP contribution in [0.1, 0.15) is 51.9 Å². The maximum Gasteiger partial charge on any atom is 0.0708 e. The Labute approximate surface area is 99.4 Å². The van der Waals surface area contributed by atoms with Crippen molar-refractivity contribution in [2.24, 2.45) is 0 Å². The molecule has 1 aliphatic heterocycles. The highest BCUT2D eigenvalue weighted by atomic mass is 16.5. The van der Waals surface area contributed by atoms with Crippen molar-refractivity contribution in [2.45, 2.75) is 69.6 Å². The van der Waals surface area contributed by atoms with Crippen LogP contribution in [0.3, 0.4) is 0 Å². The fourth-order valence-corrected chi connectivity index (χ4v) is 3.09. The highest BCUT2D eigenvalue weighted by Crippen LogP contribution is 2.43. The molecule has 2 fully saturated rings. The number of ether oxygens (including phenoxy) is 1. The minimum Gasteiger partial charge on any atom is -0.370 e. The molecule has 2 heteroatoms. The maximum absolute atomic E-state index is 6.25. The Kier molecular flexibility index (Phi) is 4.04. The first-order valence-electron chi connectivity index (χ1n) is 6.76. The summed E-state index contributed by atoms with van der Waals surface area (Å²) in [7, 11) is 0. The second kappa shape index (κ2) is 5.33. The molecule has 0 aromatic carbocycles. The molecule has 0 aromatic heterocycles. The predicted molar refractivity (Wildman–Crippen MR) is 67.6 cm³/mol. The van der Waals surface area contributed by atoms with Gasteiger partial charge in [-0.15, -0.1) is 6.58 Å². The van der Waals surface area contributed by atoms with Gasteiger partial charge in [0.05, 0.1) is 11.7 Å². The van der Waals surface area contributed by atoms with Crippen LogP contribution in [-0.2, 0) is 4.74 Å². The minimum atomic E-state index is 0.286. The second-order valence-electron chi connectivity index (χ2n) is 5.50. The lowest BCUT2D eigenvalue weighted by molar-refractivity contribution is -0.0357. The van der Waals surface area contributed by atoms with E-state index in [1.165, 1.54) is 38.5 Å². The summed E-state index contributed by atoms with van der Waals surface area (Å²) in [4.78, 5) is 0. The molecule has 2 unspecified atom stereocenters. The molecule has 92 valence electrons. The Morgan fingerprint density at radius 3 is 2.88 bits per heavy atom. The van der Waals surface area contributed by atoms with Crippen LogP contribution in [0, 0.1) is 0 Å². The summed E-state index contributed by atoms with van der Waals surface area (Å²) in [5.41, 5.74) is 0.286. The van der Waals surface area contributed by atoms with Crippen LogP contribution in [-0.4, -0.2) is 24.3 Å². The molecule has 0 radical (unpaired) electrons. The van der Waals surface area contributed by atoms with Crippen molar-refractivity contribution in [2.75, 3.05) is 6.54 Å². The van der Waals surface area contributed by atoms with E-state index in [1.807, 2.05) is 6.08 Å². The first-order chi connectivity index (χ1) is 7.74. The third-order valence-corrected chi connectivity index (χ3v) is 4.07. The average molecular weight is 223 g/mol. The third-order valence-electron chi connectivity index (χ3n) is 4.07. The van der Waals surface area contributed by atoms with E-state index in [0.717, 1.165) is 13.0 Å². The Hall–Kier alpha value is -0.340. The second-order valence-corrected chi connectivity index (χ2v) is 5.50. The van der Waals surface area contributed by atoms with Gasteiger partial charge in [0, 0.05) is 12.6 Å². The van der Waals surface area contributed by atoms with Crippen LogP contribution in [0.4, 0.5) is 0 Å². The van der Waals surface area contributed by atoms with Gasteiger partial charge in [0.1, 0.15) is 0 Å². The standard InChI is InChI=1S/C14H25NO/c1-3-6-12(2)15-11-13-7-10-14(16-13)8-4-5-9-14/h3,12-13,15H,1,4-11H2,2H3. The Morgan fingerprint density at radius 1 is 1.44 bits per heavy atom. The van der Waals surface area contributed by atoms with Gasteiger partial charge in [0.15, 0.2) is 0 Å². The minimum absolute atomic E-state index is 0.286. The van der Waals surface area contributed by atoms with Crippen LogP contribution in [0.2, 0.25) is 0 Å². The fraction of sp³-hybridized carbons (Fsp3) is 0.857. The lowest BCUT2D eigenvalue weighted by Crippen LogP contribution is -2.35. The van der Waals surface area contributed by atoms with E-state index >= 15 is 0 Å². The summed E-state index contributed by atoms with van der Waals surface area (Å²) in [6, 6.07) is 0.529. The zero-order valence-corrected chi connectivity index (χ0v) is 10.5. The van der Waals surface area contributed by atoms with Gasteiger partial charge in [-0.1, -0.05) is 18.9 Å². The Morgan fingerprint density at radius 2 is 2.19 bits per heavy atom. The summed E-state index contributed by atoms with van der Waals surface area (Å²) < 4.78 is 6.25. The zero-order valence-electron chi connectivity index (χ0n) is 10.5. The molecule has 1 spiro atoms. The van der Waals surface area contributed by atoms with Gasteiger partial charge in [0.25, 0.3) is 0 Å². The SMILES string of the molecule is C=CCC(C)NCC1CCC2(CCCC2)O1. The Balaban J connectivity index is 1.70. The molecule has 1 heterocycles. The van der Waals surface area contributed by atoms with Crippen LogP contribution >= 0.6 is 0 Å². The largest absolute Gasteiger partial charge is 0.370 e. The van der Waals surface area contributed by atoms with Crippen LogP contribution in [0.15, 0.2) is 12.7 Å². The molecule has 1 N–H and O–H groups in total. The Bertz CT molecular complexity index is 233. The normalized spacial score (nSPS) is 29.7. The number of nitrogens with one attached hydrogen (secondary N) is 1. The number of rotatable bonds is 5. The average Bonchev–Trinajstić information content (AvgIpc) is 2.88. The molecular formula is C14H25NO. The van der Waals surface area contributed by atoms with E-state index in [4.69, 9.17) is 4.74 Å². The van der Waals surface area contributed by atoms with Gasteiger partial charge in [-0.25, -0.2) is 0 Å². The number of hydrogen-bond acceptors (Lipinski definition) is 2. The van der Waals surface area contributed by atoms with Crippen molar-refractivity contribution in [3.63, 3.8) is 0 Å². The van der Waals surface area contributed by atoms with Gasteiger partial charge in [0.2, 0.25) is 0 Å². The smallest absolute Gasteiger partial charge is 0.0708 e. The summed E-state index contributed by atoms with van der Waals surface area (Å²) in [6.07, 6.45) is 11.3. The van der Waals surface area contributed by atoms with Crippen molar-refractivity contribution in [3.05, 3.63) is 12.7 Å². The summed E-state index contributed by atoms with van der Waals surface area (Å²) >= 11 is 0. The van der Waals surface area contributed by atoms with Gasteiger partial charge in [-0.2, -0.15) is 0 Å². The first-order valence-corrected chi connectivity index (χ1v) is 6.76. The molecule has 2 aliphatic rings. The maximum atomic E-state index is 6.25. The molecule has 0 amide bonds. The number of hydrogen-bond donors (Lipinski definition) is 1. The summed E-state index contributed by atoms with van der Waals surface area (Å²) in [5, 5.41) is 3.54. The lowest BCUT2D eigenvalue weighted by Gasteiger charge is -2.24. The fourth-order valence-electron chi connectivity index (χ4n) is 3.09. The van der Waals surface area contributed by atoms with Crippen LogP contribution < -0.4 is 5.32 Å². The van der Waals surface area contributed by atoms with Gasteiger partial charge in [-0.3, -0.25) is 0 Å². The van der Waals surface area contributed by atoms with Crippen LogP contribution in [0.5, 0.6) is 0 Å².